The van der Waals surface area contributed by atoms with E-state index in [1.54, 1.807) is 0 Å². The summed E-state index contributed by atoms with van der Waals surface area (Å²) < 4.78 is 5.72. The molecule has 96 valence electrons. The van der Waals surface area contributed by atoms with Gasteiger partial charge in [-0.15, -0.1) is 0 Å². The standard InChI is InChI=1S/C13H23N3O/c1-3-16-7-5-4-6-11(16)8-13-15-10-12(17-13)9-14-2/h10-11,14H,3-9H2,1-2H3. The minimum absolute atomic E-state index is 0.620. The second-order valence-corrected chi connectivity index (χ2v) is 4.73. The summed E-state index contributed by atoms with van der Waals surface area (Å²) in [5, 5.41) is 3.08. The van der Waals surface area contributed by atoms with Crippen molar-refractivity contribution in [2.24, 2.45) is 0 Å². The van der Waals surface area contributed by atoms with Crippen molar-refractivity contribution in [3.8, 4) is 0 Å². The predicted octanol–water partition coefficient (Wildman–Crippen LogP) is 1.81. The van der Waals surface area contributed by atoms with Crippen molar-refractivity contribution in [3.05, 3.63) is 17.8 Å². The van der Waals surface area contributed by atoms with Crippen LogP contribution >= 0.6 is 0 Å². The highest BCUT2D eigenvalue weighted by atomic mass is 16.4. The van der Waals surface area contributed by atoms with Crippen LogP contribution in [-0.2, 0) is 13.0 Å². The molecule has 0 bridgehead atoms. The first kappa shape index (κ1) is 12.6. The third-order valence-corrected chi connectivity index (χ3v) is 3.52. The van der Waals surface area contributed by atoms with Gasteiger partial charge in [-0.1, -0.05) is 13.3 Å². The molecule has 1 aliphatic rings. The van der Waals surface area contributed by atoms with Crippen molar-refractivity contribution in [1.29, 1.82) is 0 Å². The number of nitrogens with zero attached hydrogens (tertiary/aromatic N) is 2. The normalized spacial score (nSPS) is 21.9. The molecule has 1 atom stereocenters. The summed E-state index contributed by atoms with van der Waals surface area (Å²) in [5.74, 6) is 1.82. The summed E-state index contributed by atoms with van der Waals surface area (Å²) in [5.41, 5.74) is 0. The van der Waals surface area contributed by atoms with Gasteiger partial charge in [0.05, 0.1) is 12.7 Å². The van der Waals surface area contributed by atoms with Crippen LogP contribution in [0.1, 0.15) is 37.8 Å². The maximum atomic E-state index is 5.72. The van der Waals surface area contributed by atoms with Crippen LogP contribution in [0.15, 0.2) is 10.6 Å². The Balaban J connectivity index is 1.93. The Morgan fingerprint density at radius 2 is 2.41 bits per heavy atom. The number of piperidine rings is 1. The van der Waals surface area contributed by atoms with E-state index in [2.05, 4.69) is 22.1 Å². The van der Waals surface area contributed by atoms with Crippen molar-refractivity contribution in [2.75, 3.05) is 20.1 Å². The SMILES string of the molecule is CCN1CCCCC1Cc1ncc(CNC)o1. The molecule has 2 rings (SSSR count). The quantitative estimate of drug-likeness (QED) is 0.848. The van der Waals surface area contributed by atoms with Gasteiger partial charge in [0.25, 0.3) is 0 Å². The molecule has 0 radical (unpaired) electrons. The molecule has 4 nitrogen and oxygen atoms in total. The van der Waals surface area contributed by atoms with Gasteiger partial charge in [-0.3, -0.25) is 0 Å². The Kier molecular flexibility index (Phi) is 4.57. The summed E-state index contributed by atoms with van der Waals surface area (Å²) in [6, 6.07) is 0.620. The molecule has 17 heavy (non-hydrogen) atoms. The molecule has 0 aromatic carbocycles. The van der Waals surface area contributed by atoms with E-state index in [-0.39, 0.29) is 0 Å². The van der Waals surface area contributed by atoms with Crippen LogP contribution in [0.2, 0.25) is 0 Å². The Hall–Kier alpha value is -0.870. The van der Waals surface area contributed by atoms with Crippen molar-refractivity contribution < 1.29 is 4.42 Å². The van der Waals surface area contributed by atoms with Gasteiger partial charge < -0.3 is 14.6 Å². The average Bonchev–Trinajstić information content (AvgIpc) is 2.78. The van der Waals surface area contributed by atoms with Crippen molar-refractivity contribution in [3.63, 3.8) is 0 Å². The Labute approximate surface area is 103 Å². The molecular weight excluding hydrogens is 214 g/mol. The van der Waals surface area contributed by atoms with E-state index < -0.39 is 0 Å². The fraction of sp³-hybridized carbons (Fsp3) is 0.769. The zero-order chi connectivity index (χ0) is 12.1. The predicted molar refractivity (Wildman–Crippen MR) is 67.9 cm³/mol. The van der Waals surface area contributed by atoms with Crippen molar-refractivity contribution >= 4 is 0 Å². The van der Waals surface area contributed by atoms with Gasteiger partial charge in [-0.05, 0) is 33.0 Å². The molecule has 0 aliphatic carbocycles. The van der Waals surface area contributed by atoms with Gasteiger partial charge in [-0.25, -0.2) is 4.98 Å². The van der Waals surface area contributed by atoms with Crippen LogP contribution in [0.3, 0.4) is 0 Å². The summed E-state index contributed by atoms with van der Waals surface area (Å²) in [4.78, 5) is 6.91. The van der Waals surface area contributed by atoms with Gasteiger partial charge in [-0.2, -0.15) is 0 Å². The van der Waals surface area contributed by atoms with Crippen LogP contribution in [0.4, 0.5) is 0 Å². The van der Waals surface area contributed by atoms with E-state index in [1.165, 1.54) is 25.8 Å². The molecule has 0 spiro atoms. The number of hydrogen-bond donors (Lipinski definition) is 1. The molecule has 0 saturated carbocycles. The zero-order valence-electron chi connectivity index (χ0n) is 10.9. The number of likely N-dealkylation sites (tertiary alicyclic amines) is 1. The first-order chi connectivity index (χ1) is 8.33. The lowest BCUT2D eigenvalue weighted by atomic mass is 9.99. The Morgan fingerprint density at radius 1 is 1.53 bits per heavy atom. The molecule has 1 aromatic heterocycles. The van der Waals surface area contributed by atoms with E-state index in [9.17, 15) is 0 Å². The maximum absolute atomic E-state index is 5.72. The van der Waals surface area contributed by atoms with Crippen LogP contribution in [-0.4, -0.2) is 36.1 Å². The number of hydrogen-bond acceptors (Lipinski definition) is 4. The van der Waals surface area contributed by atoms with Crippen molar-refractivity contribution in [1.82, 2.24) is 15.2 Å². The number of aromatic nitrogens is 1. The molecule has 0 amide bonds. The highest BCUT2D eigenvalue weighted by molar-refractivity contribution is 4.96. The van der Waals surface area contributed by atoms with E-state index in [0.29, 0.717) is 6.04 Å². The summed E-state index contributed by atoms with van der Waals surface area (Å²) in [7, 11) is 1.92. The van der Waals surface area contributed by atoms with Gasteiger partial charge in [0.1, 0.15) is 5.76 Å². The molecule has 4 heteroatoms. The van der Waals surface area contributed by atoms with E-state index in [4.69, 9.17) is 4.42 Å². The molecule has 1 fully saturated rings. The maximum Gasteiger partial charge on any atom is 0.195 e. The van der Waals surface area contributed by atoms with Gasteiger partial charge in [0, 0.05) is 12.5 Å². The molecule has 1 unspecified atom stereocenters. The lowest BCUT2D eigenvalue weighted by Crippen LogP contribution is -2.40. The van der Waals surface area contributed by atoms with E-state index in [0.717, 1.165) is 31.2 Å². The zero-order valence-corrected chi connectivity index (χ0v) is 10.9. The third-order valence-electron chi connectivity index (χ3n) is 3.52. The molecule has 1 saturated heterocycles. The van der Waals surface area contributed by atoms with Gasteiger partial charge in [0.2, 0.25) is 0 Å². The van der Waals surface area contributed by atoms with Crippen LogP contribution in [0.5, 0.6) is 0 Å². The lowest BCUT2D eigenvalue weighted by Gasteiger charge is -2.34. The van der Waals surface area contributed by atoms with Crippen molar-refractivity contribution in [2.45, 2.75) is 45.2 Å². The fourth-order valence-corrected chi connectivity index (χ4v) is 2.61. The highest BCUT2D eigenvalue weighted by Gasteiger charge is 2.22. The summed E-state index contributed by atoms with van der Waals surface area (Å²) >= 11 is 0. The van der Waals surface area contributed by atoms with Crippen LogP contribution < -0.4 is 5.32 Å². The third kappa shape index (κ3) is 3.30. The summed E-state index contributed by atoms with van der Waals surface area (Å²) in [6.45, 7) is 5.36. The number of oxazole rings is 1. The smallest absolute Gasteiger partial charge is 0.195 e. The molecule has 1 aromatic rings. The molecule has 1 N–H and O–H groups in total. The number of likely N-dealkylation sites (N-methyl/N-ethyl adjacent to an activating group) is 1. The monoisotopic (exact) mass is 237 g/mol. The second kappa shape index (κ2) is 6.17. The first-order valence-electron chi connectivity index (χ1n) is 6.65. The van der Waals surface area contributed by atoms with Gasteiger partial charge >= 0.3 is 0 Å². The largest absolute Gasteiger partial charge is 0.444 e. The molecule has 1 aliphatic heterocycles. The Bertz CT molecular complexity index is 337. The second-order valence-electron chi connectivity index (χ2n) is 4.73. The van der Waals surface area contributed by atoms with Crippen LogP contribution in [0.25, 0.3) is 0 Å². The topological polar surface area (TPSA) is 41.3 Å². The summed E-state index contributed by atoms with van der Waals surface area (Å²) in [6.07, 6.45) is 6.74. The first-order valence-corrected chi connectivity index (χ1v) is 6.65. The van der Waals surface area contributed by atoms with E-state index in [1.807, 2.05) is 13.2 Å². The van der Waals surface area contributed by atoms with Gasteiger partial charge in [0.15, 0.2) is 5.89 Å². The average molecular weight is 237 g/mol. The minimum atomic E-state index is 0.620. The van der Waals surface area contributed by atoms with E-state index >= 15 is 0 Å². The Morgan fingerprint density at radius 3 is 3.18 bits per heavy atom. The molecular formula is C13H23N3O. The highest BCUT2D eigenvalue weighted by Crippen LogP contribution is 2.20. The molecule has 2 heterocycles. The fourth-order valence-electron chi connectivity index (χ4n) is 2.61. The minimum Gasteiger partial charge on any atom is -0.444 e. The number of nitrogens with one attached hydrogen (secondary N) is 1. The van der Waals surface area contributed by atoms with Crippen LogP contribution in [0, 0.1) is 0 Å². The lowest BCUT2D eigenvalue weighted by molar-refractivity contribution is 0.148. The number of rotatable bonds is 5.